The lowest BCUT2D eigenvalue weighted by Crippen LogP contribution is -2.31. The van der Waals surface area contributed by atoms with Crippen LogP contribution in [0, 0.1) is 17.0 Å². The van der Waals surface area contributed by atoms with Gasteiger partial charge in [0.1, 0.15) is 5.70 Å². The van der Waals surface area contributed by atoms with Crippen molar-refractivity contribution in [3.63, 3.8) is 0 Å². The van der Waals surface area contributed by atoms with Crippen molar-refractivity contribution in [2.45, 2.75) is 6.92 Å². The number of nitrogens with zero attached hydrogens (tertiary/aromatic N) is 1. The number of carbonyl (C=O) groups excluding carboxylic acids is 2. The van der Waals surface area contributed by atoms with Crippen molar-refractivity contribution in [3.05, 3.63) is 123 Å². The van der Waals surface area contributed by atoms with E-state index in [1.165, 1.54) is 24.3 Å². The molecule has 0 saturated heterocycles. The van der Waals surface area contributed by atoms with E-state index in [9.17, 15) is 19.7 Å². The van der Waals surface area contributed by atoms with Crippen LogP contribution < -0.4 is 10.6 Å². The lowest BCUT2D eigenvalue weighted by atomic mass is 10.1. The molecule has 0 fully saturated rings. The molecule has 0 spiro atoms. The molecule has 4 rings (SSSR count). The number of benzene rings is 4. The van der Waals surface area contributed by atoms with Crippen LogP contribution in [0.5, 0.6) is 0 Å². The van der Waals surface area contributed by atoms with Crippen LogP contribution in [0.15, 0.2) is 96.7 Å². The second kappa shape index (κ2) is 9.79. The van der Waals surface area contributed by atoms with Crippen molar-refractivity contribution >= 4 is 40.0 Å². The lowest BCUT2D eigenvalue weighted by molar-refractivity contribution is -0.384. The summed E-state index contributed by atoms with van der Waals surface area (Å²) >= 11 is 0. The Balaban J connectivity index is 1.67. The van der Waals surface area contributed by atoms with Crippen molar-refractivity contribution in [3.8, 4) is 0 Å². The number of non-ortho nitro benzene ring substituents is 1. The molecule has 168 valence electrons. The van der Waals surface area contributed by atoms with Gasteiger partial charge in [-0.3, -0.25) is 19.7 Å². The van der Waals surface area contributed by atoms with Gasteiger partial charge in [-0.05, 0) is 53.1 Å². The number of nitro groups is 1. The number of hydrogen-bond acceptors (Lipinski definition) is 4. The van der Waals surface area contributed by atoms with Crippen LogP contribution in [-0.4, -0.2) is 16.7 Å². The summed E-state index contributed by atoms with van der Waals surface area (Å²) < 4.78 is 0. The summed E-state index contributed by atoms with van der Waals surface area (Å²) in [5, 5.41) is 18.6. The molecule has 7 nitrogen and oxygen atoms in total. The SMILES string of the molecule is Cc1ccccc1C(=O)N/C(=C/c1cccc([N+](=O)[O-])c1)C(=O)Nc1ccc2ccccc2c1. The fourth-order valence-corrected chi connectivity index (χ4v) is 3.54. The fraction of sp³-hybridized carbons (Fsp3) is 0.0370. The Hall–Kier alpha value is -4.78. The van der Waals surface area contributed by atoms with Gasteiger partial charge in [-0.1, -0.05) is 60.7 Å². The van der Waals surface area contributed by atoms with Gasteiger partial charge in [0, 0.05) is 23.4 Å². The summed E-state index contributed by atoms with van der Waals surface area (Å²) in [5.74, 6) is -1.01. The molecule has 2 N–H and O–H groups in total. The van der Waals surface area contributed by atoms with Gasteiger partial charge in [0.2, 0.25) is 0 Å². The number of hydrogen-bond donors (Lipinski definition) is 2. The topological polar surface area (TPSA) is 101 Å². The van der Waals surface area contributed by atoms with Crippen molar-refractivity contribution in [1.29, 1.82) is 0 Å². The molecule has 0 aliphatic heterocycles. The van der Waals surface area contributed by atoms with Gasteiger partial charge in [0.15, 0.2) is 0 Å². The first-order chi connectivity index (χ1) is 16.4. The summed E-state index contributed by atoms with van der Waals surface area (Å²) in [4.78, 5) is 36.8. The first-order valence-electron chi connectivity index (χ1n) is 10.5. The molecular formula is C27H21N3O4. The minimum absolute atomic E-state index is 0.0399. The van der Waals surface area contributed by atoms with Crippen molar-refractivity contribution in [2.24, 2.45) is 0 Å². The molecule has 4 aromatic carbocycles. The number of nitrogens with one attached hydrogen (secondary N) is 2. The fourth-order valence-electron chi connectivity index (χ4n) is 3.54. The maximum atomic E-state index is 13.2. The zero-order valence-electron chi connectivity index (χ0n) is 18.3. The monoisotopic (exact) mass is 451 g/mol. The van der Waals surface area contributed by atoms with Gasteiger partial charge in [-0.15, -0.1) is 0 Å². The number of fused-ring (bicyclic) bond motifs is 1. The van der Waals surface area contributed by atoms with Crippen LogP contribution in [0.2, 0.25) is 0 Å². The van der Waals surface area contributed by atoms with Gasteiger partial charge >= 0.3 is 0 Å². The Morgan fingerprint density at radius 3 is 2.35 bits per heavy atom. The normalized spacial score (nSPS) is 11.1. The van der Waals surface area contributed by atoms with E-state index in [1.54, 1.807) is 37.3 Å². The molecule has 0 radical (unpaired) electrons. The molecule has 4 aromatic rings. The second-order valence-electron chi connectivity index (χ2n) is 7.70. The Bertz CT molecular complexity index is 1440. The van der Waals surface area contributed by atoms with Gasteiger partial charge in [-0.25, -0.2) is 0 Å². The number of aryl methyl sites for hydroxylation is 1. The molecule has 2 amide bonds. The number of amides is 2. The summed E-state index contributed by atoms with van der Waals surface area (Å²) in [6.45, 7) is 1.80. The first kappa shape index (κ1) is 22.4. The van der Waals surface area contributed by atoms with Gasteiger partial charge in [0.25, 0.3) is 17.5 Å². The minimum atomic E-state index is -0.552. The predicted molar refractivity (Wildman–Crippen MR) is 132 cm³/mol. The number of rotatable bonds is 6. The molecule has 0 aromatic heterocycles. The molecular weight excluding hydrogens is 430 g/mol. The van der Waals surface area contributed by atoms with Crippen molar-refractivity contribution in [2.75, 3.05) is 5.32 Å². The molecule has 0 aliphatic rings. The van der Waals surface area contributed by atoms with E-state index in [0.29, 0.717) is 16.8 Å². The van der Waals surface area contributed by atoms with Crippen LogP contribution in [0.25, 0.3) is 16.8 Å². The third kappa shape index (κ3) is 5.16. The van der Waals surface area contributed by atoms with Gasteiger partial charge in [-0.2, -0.15) is 0 Å². The Morgan fingerprint density at radius 2 is 1.59 bits per heavy atom. The quantitative estimate of drug-likeness (QED) is 0.231. The van der Waals surface area contributed by atoms with Crippen LogP contribution in [-0.2, 0) is 4.79 Å². The zero-order chi connectivity index (χ0) is 24.1. The highest BCUT2D eigenvalue weighted by Gasteiger charge is 2.17. The molecule has 0 saturated carbocycles. The molecule has 0 unspecified atom stereocenters. The van der Waals surface area contributed by atoms with Crippen molar-refractivity contribution in [1.82, 2.24) is 5.32 Å². The van der Waals surface area contributed by atoms with Crippen molar-refractivity contribution < 1.29 is 14.5 Å². The number of anilines is 1. The largest absolute Gasteiger partial charge is 0.321 e. The lowest BCUT2D eigenvalue weighted by Gasteiger charge is -2.13. The van der Waals surface area contributed by atoms with Crippen LogP contribution in [0.3, 0.4) is 0 Å². The van der Waals surface area contributed by atoms with E-state index < -0.39 is 16.7 Å². The average Bonchev–Trinajstić information content (AvgIpc) is 2.84. The molecule has 0 heterocycles. The standard InChI is InChI=1S/C27H21N3O4/c1-18-7-2-5-12-24(18)26(31)29-25(16-19-8-6-11-23(15-19)30(33)34)27(32)28-22-14-13-20-9-3-4-10-21(20)17-22/h2-17H,1H3,(H,28,32)(H,29,31)/b25-16+. The average molecular weight is 451 g/mol. The Kier molecular flexibility index (Phi) is 6.45. The molecule has 0 aliphatic carbocycles. The van der Waals surface area contributed by atoms with Crippen LogP contribution >= 0.6 is 0 Å². The number of carbonyl (C=O) groups is 2. The molecule has 0 atom stereocenters. The smallest absolute Gasteiger partial charge is 0.272 e. The Morgan fingerprint density at radius 1 is 0.853 bits per heavy atom. The molecule has 7 heteroatoms. The second-order valence-corrected chi connectivity index (χ2v) is 7.70. The zero-order valence-corrected chi connectivity index (χ0v) is 18.3. The maximum Gasteiger partial charge on any atom is 0.272 e. The van der Waals surface area contributed by atoms with E-state index in [4.69, 9.17) is 0 Å². The summed E-state index contributed by atoms with van der Waals surface area (Å²) in [6, 6.07) is 26.1. The Labute approximate surface area is 195 Å². The van der Waals surface area contributed by atoms with E-state index in [2.05, 4.69) is 10.6 Å². The highest BCUT2D eigenvalue weighted by molar-refractivity contribution is 6.11. The first-order valence-corrected chi connectivity index (χ1v) is 10.5. The summed E-state index contributed by atoms with van der Waals surface area (Å²) in [7, 11) is 0. The van der Waals surface area contributed by atoms with Crippen LogP contribution in [0.1, 0.15) is 21.5 Å². The summed E-state index contributed by atoms with van der Waals surface area (Å²) in [6.07, 6.45) is 1.42. The van der Waals surface area contributed by atoms with E-state index in [0.717, 1.165) is 16.3 Å². The van der Waals surface area contributed by atoms with E-state index >= 15 is 0 Å². The van der Waals surface area contributed by atoms with Crippen LogP contribution in [0.4, 0.5) is 11.4 Å². The third-order valence-corrected chi connectivity index (χ3v) is 5.28. The summed E-state index contributed by atoms with van der Waals surface area (Å²) in [5.41, 5.74) is 1.98. The highest BCUT2D eigenvalue weighted by Crippen LogP contribution is 2.20. The van der Waals surface area contributed by atoms with E-state index in [1.807, 2.05) is 42.5 Å². The molecule has 0 bridgehead atoms. The number of nitro benzene ring substituents is 1. The third-order valence-electron chi connectivity index (χ3n) is 5.28. The maximum absolute atomic E-state index is 13.2. The van der Waals surface area contributed by atoms with Gasteiger partial charge < -0.3 is 10.6 Å². The van der Waals surface area contributed by atoms with Gasteiger partial charge in [0.05, 0.1) is 4.92 Å². The molecule has 34 heavy (non-hydrogen) atoms. The minimum Gasteiger partial charge on any atom is -0.321 e. The highest BCUT2D eigenvalue weighted by atomic mass is 16.6. The van der Waals surface area contributed by atoms with E-state index in [-0.39, 0.29) is 11.4 Å². The predicted octanol–water partition coefficient (Wildman–Crippen LogP) is 5.47.